The zero-order valence-corrected chi connectivity index (χ0v) is 11.0. The molecule has 0 radical (unpaired) electrons. The highest BCUT2D eigenvalue weighted by atomic mass is 16.5. The van der Waals surface area contributed by atoms with Crippen molar-refractivity contribution >= 4 is 5.97 Å². The van der Waals surface area contributed by atoms with E-state index in [-0.39, 0.29) is 16.8 Å². The Morgan fingerprint density at radius 3 is 2.38 bits per heavy atom. The van der Waals surface area contributed by atoms with Crippen molar-refractivity contribution in [3.63, 3.8) is 0 Å². The quantitative estimate of drug-likeness (QED) is 0.679. The first-order valence-electron chi connectivity index (χ1n) is 6.10. The van der Waals surface area contributed by atoms with Crippen molar-refractivity contribution in [1.29, 1.82) is 0 Å². The Bertz CT molecular complexity index is 231. The van der Waals surface area contributed by atoms with Gasteiger partial charge < -0.3 is 9.47 Å². The second kappa shape index (κ2) is 5.17. The summed E-state index contributed by atoms with van der Waals surface area (Å²) in [5.74, 6) is -0.0744. The van der Waals surface area contributed by atoms with Crippen LogP contribution < -0.4 is 0 Å². The lowest BCUT2D eigenvalue weighted by Gasteiger charge is -2.39. The molecule has 0 aromatic rings. The van der Waals surface area contributed by atoms with Gasteiger partial charge in [0.2, 0.25) is 0 Å². The maximum atomic E-state index is 11.5. The van der Waals surface area contributed by atoms with E-state index in [9.17, 15) is 4.79 Å². The fourth-order valence-corrected chi connectivity index (χ4v) is 1.56. The van der Waals surface area contributed by atoms with Crippen LogP contribution in [0.1, 0.15) is 47.0 Å². The molecule has 0 saturated carbocycles. The molecule has 1 saturated heterocycles. The molecule has 0 amide bonds. The van der Waals surface area contributed by atoms with E-state index in [0.717, 1.165) is 26.1 Å². The van der Waals surface area contributed by atoms with E-state index in [0.29, 0.717) is 13.0 Å². The minimum atomic E-state index is -0.0744. The maximum Gasteiger partial charge on any atom is 0.305 e. The molecule has 0 unspecified atom stereocenters. The molecule has 0 N–H and O–H groups in total. The molecule has 0 aromatic carbocycles. The minimum Gasteiger partial charge on any atom is -0.465 e. The number of hydrogen-bond acceptors (Lipinski definition) is 3. The monoisotopic (exact) mass is 228 g/mol. The lowest BCUT2D eigenvalue weighted by molar-refractivity contribution is -0.170. The zero-order valence-electron chi connectivity index (χ0n) is 11.0. The number of hydrogen-bond donors (Lipinski definition) is 0. The second-order valence-corrected chi connectivity index (χ2v) is 6.07. The molecular formula is C13H24O3. The number of rotatable bonds is 5. The number of carbonyl (C=O) groups excluding carboxylic acids is 1. The summed E-state index contributed by atoms with van der Waals surface area (Å²) in [7, 11) is 0. The third-order valence-electron chi connectivity index (χ3n) is 3.18. The molecule has 1 fully saturated rings. The van der Waals surface area contributed by atoms with Gasteiger partial charge in [-0.1, -0.05) is 27.7 Å². The predicted octanol–water partition coefficient (Wildman–Crippen LogP) is 2.78. The average molecular weight is 228 g/mol. The molecule has 0 aliphatic carbocycles. The van der Waals surface area contributed by atoms with Gasteiger partial charge in [0.15, 0.2) is 0 Å². The molecule has 0 atom stereocenters. The number of esters is 1. The molecule has 1 rings (SSSR count). The Hall–Kier alpha value is -0.570. The molecule has 16 heavy (non-hydrogen) atoms. The number of carbonyl (C=O) groups is 1. The summed E-state index contributed by atoms with van der Waals surface area (Å²) in [6.07, 6.45) is 2.41. The van der Waals surface area contributed by atoms with Crippen LogP contribution in [0.2, 0.25) is 0 Å². The first kappa shape index (κ1) is 13.5. The Balaban J connectivity index is 2.20. The van der Waals surface area contributed by atoms with Crippen molar-refractivity contribution in [2.24, 2.45) is 10.8 Å². The van der Waals surface area contributed by atoms with Gasteiger partial charge in [0.05, 0.1) is 18.6 Å². The molecule has 0 aromatic heterocycles. The summed E-state index contributed by atoms with van der Waals surface area (Å²) in [6, 6.07) is 0. The zero-order chi connectivity index (χ0) is 12.2. The summed E-state index contributed by atoms with van der Waals surface area (Å²) in [4.78, 5) is 11.5. The van der Waals surface area contributed by atoms with E-state index in [2.05, 4.69) is 27.7 Å². The van der Waals surface area contributed by atoms with Crippen LogP contribution in [-0.4, -0.2) is 25.8 Å². The van der Waals surface area contributed by atoms with Gasteiger partial charge in [-0.2, -0.15) is 0 Å². The molecule has 1 heterocycles. The first-order chi connectivity index (χ1) is 7.37. The molecule has 94 valence electrons. The lowest BCUT2D eigenvalue weighted by Crippen LogP contribution is -2.46. The second-order valence-electron chi connectivity index (χ2n) is 6.07. The van der Waals surface area contributed by atoms with Crippen molar-refractivity contribution in [2.45, 2.75) is 47.0 Å². The van der Waals surface area contributed by atoms with E-state index in [1.807, 2.05) is 0 Å². The van der Waals surface area contributed by atoms with Crippen molar-refractivity contribution in [3.05, 3.63) is 0 Å². The van der Waals surface area contributed by atoms with Gasteiger partial charge in [0.25, 0.3) is 0 Å². The van der Waals surface area contributed by atoms with Crippen LogP contribution in [0.25, 0.3) is 0 Å². The van der Waals surface area contributed by atoms with Crippen LogP contribution >= 0.6 is 0 Å². The van der Waals surface area contributed by atoms with Gasteiger partial charge in [-0.05, 0) is 18.3 Å². The third kappa shape index (κ3) is 4.12. The summed E-state index contributed by atoms with van der Waals surface area (Å²) in [6.45, 7) is 10.5. The predicted molar refractivity (Wildman–Crippen MR) is 63.2 cm³/mol. The Morgan fingerprint density at radius 1 is 1.38 bits per heavy atom. The highest BCUT2D eigenvalue weighted by Gasteiger charge is 2.38. The topological polar surface area (TPSA) is 35.5 Å². The van der Waals surface area contributed by atoms with Crippen molar-refractivity contribution in [1.82, 2.24) is 0 Å². The summed E-state index contributed by atoms with van der Waals surface area (Å²) >= 11 is 0. The molecular weight excluding hydrogens is 204 g/mol. The van der Waals surface area contributed by atoms with Gasteiger partial charge in [0.1, 0.15) is 6.61 Å². The highest BCUT2D eigenvalue weighted by molar-refractivity contribution is 5.69. The molecule has 0 spiro atoms. The molecule has 1 aliphatic rings. The van der Waals surface area contributed by atoms with Gasteiger partial charge in [-0.15, -0.1) is 0 Å². The van der Waals surface area contributed by atoms with Crippen LogP contribution in [0.4, 0.5) is 0 Å². The van der Waals surface area contributed by atoms with E-state index in [1.165, 1.54) is 0 Å². The summed E-state index contributed by atoms with van der Waals surface area (Å²) < 4.78 is 10.5. The molecule has 3 heteroatoms. The van der Waals surface area contributed by atoms with Crippen LogP contribution in [0.5, 0.6) is 0 Å². The van der Waals surface area contributed by atoms with Gasteiger partial charge in [0, 0.05) is 6.42 Å². The largest absolute Gasteiger partial charge is 0.465 e. The van der Waals surface area contributed by atoms with Crippen molar-refractivity contribution in [3.8, 4) is 0 Å². The smallest absolute Gasteiger partial charge is 0.305 e. The number of ether oxygens (including phenoxy) is 2. The van der Waals surface area contributed by atoms with Crippen molar-refractivity contribution < 1.29 is 14.3 Å². The fraction of sp³-hybridized carbons (Fsp3) is 0.923. The molecule has 0 bridgehead atoms. The Morgan fingerprint density at radius 2 is 2.00 bits per heavy atom. The van der Waals surface area contributed by atoms with Crippen molar-refractivity contribution in [2.75, 3.05) is 19.8 Å². The Labute approximate surface area is 98.5 Å². The fourth-order valence-electron chi connectivity index (χ4n) is 1.56. The summed E-state index contributed by atoms with van der Waals surface area (Å²) in [5.41, 5.74) is 0.304. The van der Waals surface area contributed by atoms with E-state index in [4.69, 9.17) is 9.47 Å². The standard InChI is InChI=1S/C13H24O3/c1-5-13(8-15-9-13)10-16-11(14)6-7-12(2,3)4/h5-10H2,1-4H3. The summed E-state index contributed by atoms with van der Waals surface area (Å²) in [5, 5.41) is 0. The van der Waals surface area contributed by atoms with E-state index < -0.39 is 0 Å². The SMILES string of the molecule is CCC1(COC(=O)CCC(C)(C)C)COC1. The lowest BCUT2D eigenvalue weighted by atomic mass is 9.84. The third-order valence-corrected chi connectivity index (χ3v) is 3.18. The van der Waals surface area contributed by atoms with Crippen LogP contribution in [0.3, 0.4) is 0 Å². The highest BCUT2D eigenvalue weighted by Crippen LogP contribution is 2.31. The minimum absolute atomic E-state index is 0.0744. The van der Waals surface area contributed by atoms with Crippen LogP contribution in [0.15, 0.2) is 0 Å². The van der Waals surface area contributed by atoms with Crippen LogP contribution in [-0.2, 0) is 14.3 Å². The van der Waals surface area contributed by atoms with Crippen LogP contribution in [0, 0.1) is 10.8 Å². The first-order valence-corrected chi connectivity index (χ1v) is 6.10. The van der Waals surface area contributed by atoms with E-state index in [1.54, 1.807) is 0 Å². The van der Waals surface area contributed by atoms with Gasteiger partial charge in [-0.3, -0.25) is 4.79 Å². The van der Waals surface area contributed by atoms with E-state index >= 15 is 0 Å². The Kier molecular flexibility index (Phi) is 4.36. The molecule has 3 nitrogen and oxygen atoms in total. The maximum absolute atomic E-state index is 11.5. The van der Waals surface area contributed by atoms with Gasteiger partial charge >= 0.3 is 5.97 Å². The normalized spacial score (nSPS) is 19.0. The molecule has 1 aliphatic heterocycles. The van der Waals surface area contributed by atoms with Gasteiger partial charge in [-0.25, -0.2) is 0 Å². The average Bonchev–Trinajstić information content (AvgIpc) is 2.13.